The number of pyridine rings is 1. The molecule has 0 radical (unpaired) electrons. The molecule has 2 N–H and O–H groups in total. The van der Waals surface area contributed by atoms with E-state index in [1.807, 2.05) is 42.5 Å². The summed E-state index contributed by atoms with van der Waals surface area (Å²) in [6, 6.07) is 18.6. The standard InChI is InChI=1S/C21H20ClN3O2/c1-27-19-9-5-3-7-17(19)14-24-20-12-15(10-11-23-20)21(26)25-13-16-6-2-4-8-18(16)22/h2-12H,13-14H2,1H3,(H,23,24)(H,25,26). The number of hydrogen-bond acceptors (Lipinski definition) is 4. The predicted octanol–water partition coefficient (Wildman–Crippen LogP) is 4.29. The first-order valence-electron chi connectivity index (χ1n) is 8.51. The number of aromatic nitrogens is 1. The van der Waals surface area contributed by atoms with Crippen LogP contribution in [0.4, 0.5) is 5.82 Å². The molecule has 27 heavy (non-hydrogen) atoms. The van der Waals surface area contributed by atoms with Crippen molar-refractivity contribution in [1.29, 1.82) is 0 Å². The number of para-hydroxylation sites is 1. The number of amides is 1. The van der Waals surface area contributed by atoms with Crippen molar-refractivity contribution in [3.63, 3.8) is 0 Å². The van der Waals surface area contributed by atoms with E-state index in [1.54, 1.807) is 31.5 Å². The average molecular weight is 382 g/mol. The van der Waals surface area contributed by atoms with E-state index in [4.69, 9.17) is 16.3 Å². The van der Waals surface area contributed by atoms with Gasteiger partial charge in [-0.2, -0.15) is 0 Å². The van der Waals surface area contributed by atoms with Crippen LogP contribution in [-0.4, -0.2) is 18.0 Å². The van der Waals surface area contributed by atoms with E-state index < -0.39 is 0 Å². The number of hydrogen-bond donors (Lipinski definition) is 2. The van der Waals surface area contributed by atoms with Gasteiger partial charge in [0.15, 0.2) is 0 Å². The van der Waals surface area contributed by atoms with E-state index in [0.717, 1.165) is 16.9 Å². The molecule has 0 unspecified atom stereocenters. The van der Waals surface area contributed by atoms with Crippen LogP contribution >= 0.6 is 11.6 Å². The van der Waals surface area contributed by atoms with E-state index in [9.17, 15) is 4.79 Å². The first-order valence-corrected chi connectivity index (χ1v) is 8.88. The molecule has 3 aromatic rings. The summed E-state index contributed by atoms with van der Waals surface area (Å²) in [5.41, 5.74) is 2.41. The molecule has 1 aromatic heterocycles. The highest BCUT2D eigenvalue weighted by Crippen LogP contribution is 2.19. The first-order chi connectivity index (χ1) is 13.2. The minimum atomic E-state index is -0.183. The summed E-state index contributed by atoms with van der Waals surface area (Å²) in [4.78, 5) is 16.7. The smallest absolute Gasteiger partial charge is 0.251 e. The Balaban J connectivity index is 1.62. The SMILES string of the molecule is COc1ccccc1CNc1cc(C(=O)NCc2ccccc2Cl)ccn1. The Kier molecular flexibility index (Phi) is 6.28. The van der Waals surface area contributed by atoms with Gasteiger partial charge in [0, 0.05) is 35.4 Å². The van der Waals surface area contributed by atoms with Crippen molar-refractivity contribution < 1.29 is 9.53 Å². The second-order valence-electron chi connectivity index (χ2n) is 5.87. The summed E-state index contributed by atoms with van der Waals surface area (Å²) in [5.74, 6) is 1.24. The second kappa shape index (κ2) is 9.05. The maximum Gasteiger partial charge on any atom is 0.251 e. The van der Waals surface area contributed by atoms with Crippen LogP contribution in [0.3, 0.4) is 0 Å². The molecule has 0 spiro atoms. The van der Waals surface area contributed by atoms with Gasteiger partial charge in [0.05, 0.1) is 7.11 Å². The maximum absolute atomic E-state index is 12.4. The van der Waals surface area contributed by atoms with Gasteiger partial charge in [0.25, 0.3) is 5.91 Å². The molecule has 5 nitrogen and oxygen atoms in total. The number of carbonyl (C=O) groups excluding carboxylic acids is 1. The van der Waals surface area contributed by atoms with Gasteiger partial charge in [-0.1, -0.05) is 48.0 Å². The van der Waals surface area contributed by atoms with Crippen LogP contribution < -0.4 is 15.4 Å². The quantitative estimate of drug-likeness (QED) is 0.641. The average Bonchev–Trinajstić information content (AvgIpc) is 2.72. The van der Waals surface area contributed by atoms with Crippen molar-refractivity contribution in [3.8, 4) is 5.75 Å². The van der Waals surface area contributed by atoms with Crippen molar-refractivity contribution in [2.45, 2.75) is 13.1 Å². The van der Waals surface area contributed by atoms with E-state index in [2.05, 4.69) is 15.6 Å². The van der Waals surface area contributed by atoms with E-state index in [-0.39, 0.29) is 5.91 Å². The van der Waals surface area contributed by atoms with E-state index in [1.165, 1.54) is 0 Å². The molecular weight excluding hydrogens is 362 g/mol. The highest BCUT2D eigenvalue weighted by atomic mass is 35.5. The number of nitrogens with one attached hydrogen (secondary N) is 2. The van der Waals surface area contributed by atoms with Crippen LogP contribution in [0.5, 0.6) is 5.75 Å². The minimum absolute atomic E-state index is 0.183. The van der Waals surface area contributed by atoms with Gasteiger partial charge in [0.1, 0.15) is 11.6 Å². The Morgan fingerprint density at radius 2 is 1.78 bits per heavy atom. The highest BCUT2D eigenvalue weighted by Gasteiger charge is 2.09. The molecule has 0 aliphatic heterocycles. The molecule has 1 amide bonds. The first kappa shape index (κ1) is 18.7. The van der Waals surface area contributed by atoms with Crippen LogP contribution in [0.15, 0.2) is 66.9 Å². The zero-order valence-electron chi connectivity index (χ0n) is 14.9. The summed E-state index contributed by atoms with van der Waals surface area (Å²) in [6.45, 7) is 0.909. The second-order valence-corrected chi connectivity index (χ2v) is 6.28. The normalized spacial score (nSPS) is 10.3. The van der Waals surface area contributed by atoms with Crippen LogP contribution in [0.2, 0.25) is 5.02 Å². The van der Waals surface area contributed by atoms with Gasteiger partial charge in [-0.25, -0.2) is 4.98 Å². The lowest BCUT2D eigenvalue weighted by Crippen LogP contribution is -2.23. The number of carbonyl (C=O) groups is 1. The lowest BCUT2D eigenvalue weighted by atomic mass is 10.2. The summed E-state index contributed by atoms with van der Waals surface area (Å²) >= 11 is 6.12. The molecule has 0 saturated heterocycles. The Morgan fingerprint density at radius 3 is 2.56 bits per heavy atom. The molecule has 0 bridgehead atoms. The minimum Gasteiger partial charge on any atom is -0.496 e. The molecule has 3 rings (SSSR count). The zero-order valence-corrected chi connectivity index (χ0v) is 15.7. The van der Waals surface area contributed by atoms with Crippen LogP contribution in [0, 0.1) is 0 Å². The summed E-state index contributed by atoms with van der Waals surface area (Å²) in [5, 5.41) is 6.73. The number of anilines is 1. The molecule has 1 heterocycles. The molecule has 6 heteroatoms. The molecule has 2 aromatic carbocycles. The third-order valence-corrected chi connectivity index (χ3v) is 4.44. The predicted molar refractivity (Wildman–Crippen MR) is 107 cm³/mol. The number of ether oxygens (including phenoxy) is 1. The lowest BCUT2D eigenvalue weighted by Gasteiger charge is -2.11. The number of nitrogens with zero attached hydrogens (tertiary/aromatic N) is 1. The van der Waals surface area contributed by atoms with Crippen LogP contribution in [0.25, 0.3) is 0 Å². The fourth-order valence-electron chi connectivity index (χ4n) is 2.62. The van der Waals surface area contributed by atoms with Gasteiger partial charge < -0.3 is 15.4 Å². The van der Waals surface area contributed by atoms with Crippen molar-refractivity contribution in [2.24, 2.45) is 0 Å². The molecule has 0 aliphatic carbocycles. The van der Waals surface area contributed by atoms with Gasteiger partial charge in [-0.05, 0) is 29.8 Å². The summed E-state index contributed by atoms with van der Waals surface area (Å²) in [6.07, 6.45) is 1.61. The Labute approximate surface area is 163 Å². The van der Waals surface area contributed by atoms with Crippen molar-refractivity contribution in [1.82, 2.24) is 10.3 Å². The van der Waals surface area contributed by atoms with E-state index >= 15 is 0 Å². The zero-order chi connectivity index (χ0) is 19.1. The monoisotopic (exact) mass is 381 g/mol. The molecule has 138 valence electrons. The Morgan fingerprint density at radius 1 is 1.04 bits per heavy atom. The van der Waals surface area contributed by atoms with Gasteiger partial charge in [-0.15, -0.1) is 0 Å². The molecular formula is C21H20ClN3O2. The number of halogens is 1. The molecule has 0 fully saturated rings. The largest absolute Gasteiger partial charge is 0.496 e. The number of benzene rings is 2. The summed E-state index contributed by atoms with van der Waals surface area (Å²) in [7, 11) is 1.64. The van der Waals surface area contributed by atoms with Crippen LogP contribution in [-0.2, 0) is 13.1 Å². The maximum atomic E-state index is 12.4. The third-order valence-electron chi connectivity index (χ3n) is 4.07. The third kappa shape index (κ3) is 4.99. The van der Waals surface area contributed by atoms with E-state index in [0.29, 0.717) is 29.5 Å². The Hall–Kier alpha value is -3.05. The Bertz CT molecular complexity index is 931. The van der Waals surface area contributed by atoms with Crippen LogP contribution in [0.1, 0.15) is 21.5 Å². The molecule has 0 saturated carbocycles. The van der Waals surface area contributed by atoms with Crippen molar-refractivity contribution >= 4 is 23.3 Å². The van der Waals surface area contributed by atoms with Crippen molar-refractivity contribution in [2.75, 3.05) is 12.4 Å². The number of rotatable bonds is 7. The van der Waals surface area contributed by atoms with Gasteiger partial charge in [0.2, 0.25) is 0 Å². The topological polar surface area (TPSA) is 63.2 Å². The van der Waals surface area contributed by atoms with Gasteiger partial charge >= 0.3 is 0 Å². The summed E-state index contributed by atoms with van der Waals surface area (Å²) < 4.78 is 5.34. The fraction of sp³-hybridized carbons (Fsp3) is 0.143. The highest BCUT2D eigenvalue weighted by molar-refractivity contribution is 6.31. The molecule has 0 atom stereocenters. The fourth-order valence-corrected chi connectivity index (χ4v) is 2.83. The lowest BCUT2D eigenvalue weighted by molar-refractivity contribution is 0.0951. The van der Waals surface area contributed by atoms with Gasteiger partial charge in [-0.3, -0.25) is 4.79 Å². The number of methoxy groups -OCH3 is 1. The molecule has 0 aliphatic rings. The van der Waals surface area contributed by atoms with Crippen molar-refractivity contribution in [3.05, 3.63) is 88.6 Å².